The van der Waals surface area contributed by atoms with Crippen molar-refractivity contribution in [3.8, 4) is 0 Å². The number of nitrogens with zero attached hydrogens (tertiary/aromatic N) is 2. The highest BCUT2D eigenvalue weighted by Crippen LogP contribution is 2.46. The zero-order chi connectivity index (χ0) is 28.1. The fourth-order valence-corrected chi connectivity index (χ4v) is 7.36. The van der Waals surface area contributed by atoms with Crippen molar-refractivity contribution in [1.29, 1.82) is 0 Å². The van der Waals surface area contributed by atoms with Crippen molar-refractivity contribution in [1.82, 2.24) is 0 Å². The molecule has 0 fully saturated rings. The number of para-hydroxylation sites is 4. The zero-order valence-corrected chi connectivity index (χ0v) is 23.1. The monoisotopic (exact) mass is 550 g/mol. The largest absolute Gasteiger partial charge is 0.455 e. The second kappa shape index (κ2) is 8.43. The molecule has 0 radical (unpaired) electrons. The summed E-state index contributed by atoms with van der Waals surface area (Å²) in [5, 5.41) is 3.26. The summed E-state index contributed by atoms with van der Waals surface area (Å²) in [4.78, 5) is 4.69. The van der Waals surface area contributed by atoms with Gasteiger partial charge in [0.1, 0.15) is 16.7 Å². The van der Waals surface area contributed by atoms with Crippen LogP contribution in [-0.4, -0.2) is 6.71 Å². The minimum atomic E-state index is -0.0441. The fourth-order valence-electron chi connectivity index (χ4n) is 7.36. The Morgan fingerprint density at radius 3 is 1.91 bits per heavy atom. The Bertz CT molecular complexity index is 2380. The molecule has 0 saturated heterocycles. The second-order valence-corrected chi connectivity index (χ2v) is 11.3. The molecule has 2 aliphatic heterocycles. The van der Waals surface area contributed by atoms with E-state index in [1.165, 1.54) is 22.3 Å². The highest BCUT2D eigenvalue weighted by molar-refractivity contribution is 7.01. The van der Waals surface area contributed by atoms with Crippen LogP contribution in [0.1, 0.15) is 0 Å². The van der Waals surface area contributed by atoms with Crippen molar-refractivity contribution in [2.45, 2.75) is 0 Å². The van der Waals surface area contributed by atoms with Gasteiger partial charge in [0, 0.05) is 44.7 Å². The van der Waals surface area contributed by atoms with E-state index in [0.717, 1.165) is 61.3 Å². The van der Waals surface area contributed by atoms with Crippen molar-refractivity contribution in [3.63, 3.8) is 0 Å². The van der Waals surface area contributed by atoms with Crippen molar-refractivity contribution in [3.05, 3.63) is 140 Å². The first kappa shape index (κ1) is 22.9. The maximum atomic E-state index is 6.89. The van der Waals surface area contributed by atoms with Gasteiger partial charge in [0.05, 0.1) is 5.39 Å². The molecule has 8 aromatic rings. The van der Waals surface area contributed by atoms with E-state index in [1.54, 1.807) is 0 Å². The number of furan rings is 2. The van der Waals surface area contributed by atoms with Gasteiger partial charge in [-0.1, -0.05) is 78.9 Å². The molecule has 10 rings (SSSR count). The number of rotatable bonds is 2. The van der Waals surface area contributed by atoms with Crippen LogP contribution in [0, 0.1) is 0 Å². The molecule has 0 bridgehead atoms. The maximum Gasteiger partial charge on any atom is 0.257 e. The van der Waals surface area contributed by atoms with E-state index in [1.807, 2.05) is 12.1 Å². The summed E-state index contributed by atoms with van der Waals surface area (Å²) in [6.07, 6.45) is 0. The molecule has 0 spiro atoms. The third kappa shape index (κ3) is 3.01. The third-order valence-corrected chi connectivity index (χ3v) is 9.05. The topological polar surface area (TPSA) is 32.8 Å². The lowest BCUT2D eigenvalue weighted by Crippen LogP contribution is -2.61. The van der Waals surface area contributed by atoms with E-state index < -0.39 is 0 Å². The predicted octanol–water partition coefficient (Wildman–Crippen LogP) is 8.41. The van der Waals surface area contributed by atoms with Crippen LogP contribution < -0.4 is 26.2 Å². The van der Waals surface area contributed by atoms with E-state index >= 15 is 0 Å². The molecule has 0 amide bonds. The van der Waals surface area contributed by atoms with E-state index in [4.69, 9.17) is 8.83 Å². The highest BCUT2D eigenvalue weighted by Gasteiger charge is 2.46. The second-order valence-electron chi connectivity index (χ2n) is 11.3. The van der Waals surface area contributed by atoms with Gasteiger partial charge in [0.25, 0.3) is 6.71 Å². The lowest BCUT2D eigenvalue weighted by molar-refractivity contribution is 0.622. The average molecular weight is 550 g/mol. The summed E-state index contributed by atoms with van der Waals surface area (Å²) < 4.78 is 13.5. The van der Waals surface area contributed by atoms with Crippen molar-refractivity contribution < 1.29 is 8.83 Å². The van der Waals surface area contributed by atoms with E-state index in [2.05, 4.69) is 137 Å². The third-order valence-electron chi connectivity index (χ3n) is 9.05. The van der Waals surface area contributed by atoms with E-state index in [-0.39, 0.29) is 6.71 Å². The molecule has 6 aromatic carbocycles. The van der Waals surface area contributed by atoms with Crippen LogP contribution in [0.25, 0.3) is 32.9 Å². The number of benzene rings is 6. The van der Waals surface area contributed by atoms with Gasteiger partial charge >= 0.3 is 0 Å². The molecule has 0 unspecified atom stereocenters. The SMILES string of the molecule is c1ccc(N2c3ccccc3B3c4c2cccc4N(c2ccccc2)c2oc4ccc5c6ccccc6oc5c4c23)cc1. The van der Waals surface area contributed by atoms with E-state index in [0.29, 0.717) is 0 Å². The Morgan fingerprint density at radius 1 is 0.442 bits per heavy atom. The molecule has 4 nitrogen and oxygen atoms in total. The molecule has 2 aromatic heterocycles. The summed E-state index contributed by atoms with van der Waals surface area (Å²) in [6, 6.07) is 49.1. The van der Waals surface area contributed by atoms with Crippen LogP contribution in [0.15, 0.2) is 148 Å². The molecule has 0 N–H and O–H groups in total. The Hall–Kier alpha value is -5.68. The van der Waals surface area contributed by atoms with Crippen LogP contribution >= 0.6 is 0 Å². The molecule has 2 aliphatic rings. The summed E-state index contributed by atoms with van der Waals surface area (Å²) in [6.45, 7) is -0.0441. The first-order chi connectivity index (χ1) is 21.4. The summed E-state index contributed by atoms with van der Waals surface area (Å²) in [5.41, 5.74) is 11.9. The fraction of sp³-hybridized carbons (Fsp3) is 0. The van der Waals surface area contributed by atoms with Gasteiger partial charge in [-0.05, 0) is 71.6 Å². The van der Waals surface area contributed by atoms with Gasteiger partial charge < -0.3 is 13.7 Å². The lowest BCUT2D eigenvalue weighted by Gasteiger charge is -2.42. The van der Waals surface area contributed by atoms with E-state index in [9.17, 15) is 0 Å². The van der Waals surface area contributed by atoms with Crippen LogP contribution in [0.2, 0.25) is 0 Å². The molecule has 0 aliphatic carbocycles. The Balaban J connectivity index is 1.38. The minimum Gasteiger partial charge on any atom is -0.455 e. The minimum absolute atomic E-state index is 0.0441. The molecule has 0 atom stereocenters. The summed E-state index contributed by atoms with van der Waals surface area (Å²) in [5.74, 6) is 0.840. The summed E-state index contributed by atoms with van der Waals surface area (Å²) in [7, 11) is 0. The van der Waals surface area contributed by atoms with Gasteiger partial charge in [0.2, 0.25) is 5.88 Å². The molecular formula is C38H23BN2O2. The van der Waals surface area contributed by atoms with Gasteiger partial charge in [0.15, 0.2) is 0 Å². The molecule has 5 heteroatoms. The van der Waals surface area contributed by atoms with Gasteiger partial charge in [-0.15, -0.1) is 0 Å². The molecule has 4 heterocycles. The summed E-state index contributed by atoms with van der Waals surface area (Å²) >= 11 is 0. The number of hydrogen-bond donors (Lipinski definition) is 0. The van der Waals surface area contributed by atoms with Crippen LogP contribution in [0.3, 0.4) is 0 Å². The van der Waals surface area contributed by atoms with Gasteiger partial charge in [-0.2, -0.15) is 0 Å². The Morgan fingerprint density at radius 2 is 1.09 bits per heavy atom. The first-order valence-corrected chi connectivity index (χ1v) is 14.7. The van der Waals surface area contributed by atoms with Crippen LogP contribution in [-0.2, 0) is 0 Å². The quantitative estimate of drug-likeness (QED) is 0.202. The molecule has 0 saturated carbocycles. The van der Waals surface area contributed by atoms with Crippen molar-refractivity contribution in [2.75, 3.05) is 9.80 Å². The molecule has 200 valence electrons. The average Bonchev–Trinajstić information content (AvgIpc) is 3.64. The Kier molecular flexibility index (Phi) is 4.50. The Labute approximate surface area is 248 Å². The number of fused-ring (bicyclic) bond motifs is 10. The zero-order valence-electron chi connectivity index (χ0n) is 23.1. The van der Waals surface area contributed by atoms with Gasteiger partial charge in [-0.3, -0.25) is 4.90 Å². The molecular weight excluding hydrogens is 527 g/mol. The number of anilines is 6. The van der Waals surface area contributed by atoms with Crippen molar-refractivity contribution in [2.24, 2.45) is 0 Å². The van der Waals surface area contributed by atoms with Crippen LogP contribution in [0.4, 0.5) is 34.3 Å². The first-order valence-electron chi connectivity index (χ1n) is 14.7. The van der Waals surface area contributed by atoms with Gasteiger partial charge in [-0.25, -0.2) is 0 Å². The normalized spacial score (nSPS) is 13.4. The lowest BCUT2D eigenvalue weighted by atomic mass is 9.33. The smallest absolute Gasteiger partial charge is 0.257 e. The predicted molar refractivity (Wildman–Crippen MR) is 178 cm³/mol. The molecule has 43 heavy (non-hydrogen) atoms. The maximum absolute atomic E-state index is 6.89. The number of hydrogen-bond acceptors (Lipinski definition) is 4. The van der Waals surface area contributed by atoms with Crippen LogP contribution in [0.5, 0.6) is 0 Å². The van der Waals surface area contributed by atoms with Crippen molar-refractivity contribution >= 4 is 90.3 Å². The highest BCUT2D eigenvalue weighted by atomic mass is 16.4. The standard InChI is InChI=1S/C38H23BN2O2/c1-3-12-24(13-4-1)40-29-18-9-8-17-28(29)39-35-30(40)19-11-20-31(35)41(25-14-5-2-6-15-25)38-36(39)34-33(43-38)23-22-27-26-16-7-10-21-32(26)42-37(27)34/h1-23H.